The van der Waals surface area contributed by atoms with Crippen molar-refractivity contribution in [1.82, 2.24) is 20.0 Å². The quantitative estimate of drug-likeness (QED) is 0.715. The molecule has 0 radical (unpaired) electrons. The summed E-state index contributed by atoms with van der Waals surface area (Å²) in [5.41, 5.74) is 2.15. The van der Waals surface area contributed by atoms with Gasteiger partial charge in [0.2, 0.25) is 5.91 Å². The monoisotopic (exact) mass is 412 g/mol. The number of hydrogen-bond donors (Lipinski definition) is 1. The summed E-state index contributed by atoms with van der Waals surface area (Å²) in [6.45, 7) is 4.14. The highest BCUT2D eigenvalue weighted by Gasteiger charge is 2.28. The van der Waals surface area contributed by atoms with Crippen molar-refractivity contribution in [1.29, 1.82) is 0 Å². The number of carbonyl (C=O) groups excluding carboxylic acids is 1. The molecule has 29 heavy (non-hydrogen) atoms. The van der Waals surface area contributed by atoms with Crippen molar-refractivity contribution < 1.29 is 4.79 Å². The first-order valence-corrected chi connectivity index (χ1v) is 9.71. The third-order valence-electron chi connectivity index (χ3n) is 5.38. The minimum atomic E-state index is -0.231. The Morgan fingerprint density at radius 2 is 1.93 bits per heavy atom. The zero-order valence-electron chi connectivity index (χ0n) is 16.4. The highest BCUT2D eigenvalue weighted by molar-refractivity contribution is 5.85. The molecule has 3 aromatic rings. The third-order valence-corrected chi connectivity index (χ3v) is 5.38. The molecule has 1 saturated heterocycles. The average molecular weight is 413 g/mol. The Labute approximate surface area is 175 Å². The second-order valence-corrected chi connectivity index (χ2v) is 7.10. The predicted octanol–water partition coefficient (Wildman–Crippen LogP) is 2.55. The van der Waals surface area contributed by atoms with Crippen LogP contribution in [0.1, 0.15) is 24.1 Å². The molecule has 0 bridgehead atoms. The second-order valence-electron chi connectivity index (χ2n) is 7.10. The summed E-state index contributed by atoms with van der Waals surface area (Å²) in [6.07, 6.45) is 2.63. The van der Waals surface area contributed by atoms with E-state index in [4.69, 9.17) is 0 Å². The minimum Gasteiger partial charge on any atom is -0.331 e. The van der Waals surface area contributed by atoms with Crippen LogP contribution in [-0.4, -0.2) is 40.2 Å². The number of nitrogens with one attached hydrogen (secondary N) is 1. The summed E-state index contributed by atoms with van der Waals surface area (Å²) < 4.78 is 1.27. The number of benzene rings is 2. The van der Waals surface area contributed by atoms with Gasteiger partial charge in [0.15, 0.2) is 0 Å². The molecule has 1 unspecified atom stereocenters. The van der Waals surface area contributed by atoms with Gasteiger partial charge in [0.25, 0.3) is 5.56 Å². The Hall–Kier alpha value is -2.70. The number of fused-ring (bicyclic) bond motifs is 1. The van der Waals surface area contributed by atoms with E-state index in [0.29, 0.717) is 18.5 Å². The number of halogens is 1. The normalized spacial score (nSPS) is 16.4. The maximum absolute atomic E-state index is 13.1. The fraction of sp³-hybridized carbons (Fsp3) is 0.318. The fourth-order valence-electron chi connectivity index (χ4n) is 3.74. The standard InChI is InChI=1S/C22H24N4O2.ClH/c1-2-16-7-9-17(10-8-16)20-14-23-11-12-25(20)21(27)15-26-22(28)19-6-4-3-5-18(19)13-24-26;/h3-10,13,20,23H,2,11-12,14-15H2,1H3;1H. The molecule has 6 nitrogen and oxygen atoms in total. The van der Waals surface area contributed by atoms with Crippen LogP contribution in [0.15, 0.2) is 59.5 Å². The SMILES string of the molecule is CCc1ccc(C2CNCCN2C(=O)Cn2ncc3ccccc3c2=O)cc1.Cl. The first-order valence-electron chi connectivity index (χ1n) is 9.71. The Kier molecular flexibility index (Phi) is 6.67. The lowest BCUT2D eigenvalue weighted by Crippen LogP contribution is -2.50. The van der Waals surface area contributed by atoms with Crippen LogP contribution in [0.25, 0.3) is 10.8 Å². The van der Waals surface area contributed by atoms with Crippen molar-refractivity contribution in [2.45, 2.75) is 25.9 Å². The molecule has 2 heterocycles. The van der Waals surface area contributed by atoms with Crippen molar-refractivity contribution in [2.24, 2.45) is 0 Å². The number of aryl methyl sites for hydroxylation is 1. The van der Waals surface area contributed by atoms with Gasteiger partial charge in [-0.1, -0.05) is 49.4 Å². The maximum Gasteiger partial charge on any atom is 0.275 e. The topological polar surface area (TPSA) is 67.2 Å². The van der Waals surface area contributed by atoms with E-state index in [1.165, 1.54) is 10.2 Å². The number of carbonyl (C=O) groups is 1. The molecule has 0 aliphatic carbocycles. The lowest BCUT2D eigenvalue weighted by Gasteiger charge is -2.36. The molecule has 0 saturated carbocycles. The van der Waals surface area contributed by atoms with Gasteiger partial charge in [0, 0.05) is 25.0 Å². The first kappa shape index (κ1) is 21.0. The van der Waals surface area contributed by atoms with E-state index in [1.54, 1.807) is 12.3 Å². The van der Waals surface area contributed by atoms with Gasteiger partial charge in [-0.3, -0.25) is 9.59 Å². The number of amides is 1. The van der Waals surface area contributed by atoms with Crippen LogP contribution in [0, 0.1) is 0 Å². The lowest BCUT2D eigenvalue weighted by atomic mass is 10.0. The van der Waals surface area contributed by atoms with Gasteiger partial charge in [0.1, 0.15) is 6.54 Å². The van der Waals surface area contributed by atoms with E-state index in [9.17, 15) is 9.59 Å². The molecule has 1 aliphatic rings. The molecule has 0 spiro atoms. The molecular formula is C22H25ClN4O2. The van der Waals surface area contributed by atoms with Crippen molar-refractivity contribution in [3.8, 4) is 0 Å². The molecule has 1 atom stereocenters. The smallest absolute Gasteiger partial charge is 0.275 e. The Morgan fingerprint density at radius 3 is 2.69 bits per heavy atom. The number of rotatable bonds is 4. The molecule has 1 fully saturated rings. The lowest BCUT2D eigenvalue weighted by molar-refractivity contribution is -0.135. The second kappa shape index (κ2) is 9.20. The van der Waals surface area contributed by atoms with Gasteiger partial charge in [0.05, 0.1) is 17.6 Å². The largest absolute Gasteiger partial charge is 0.331 e. The van der Waals surface area contributed by atoms with E-state index >= 15 is 0 Å². The molecule has 1 aromatic heterocycles. The van der Waals surface area contributed by atoms with E-state index in [2.05, 4.69) is 41.6 Å². The van der Waals surface area contributed by atoms with Gasteiger partial charge < -0.3 is 10.2 Å². The fourth-order valence-corrected chi connectivity index (χ4v) is 3.74. The predicted molar refractivity (Wildman–Crippen MR) is 116 cm³/mol. The van der Waals surface area contributed by atoms with Gasteiger partial charge in [-0.15, -0.1) is 12.4 Å². The Bertz CT molecular complexity index is 1050. The van der Waals surface area contributed by atoms with E-state index in [-0.39, 0.29) is 36.5 Å². The van der Waals surface area contributed by atoms with Gasteiger partial charge >= 0.3 is 0 Å². The molecule has 4 rings (SSSR count). The number of nitrogens with zero attached hydrogens (tertiary/aromatic N) is 3. The van der Waals surface area contributed by atoms with E-state index in [0.717, 1.165) is 23.9 Å². The van der Waals surface area contributed by atoms with Gasteiger partial charge in [-0.05, 0) is 23.6 Å². The molecule has 1 aliphatic heterocycles. The zero-order valence-corrected chi connectivity index (χ0v) is 17.2. The van der Waals surface area contributed by atoms with Crippen molar-refractivity contribution >= 4 is 29.1 Å². The highest BCUT2D eigenvalue weighted by Crippen LogP contribution is 2.23. The van der Waals surface area contributed by atoms with Gasteiger partial charge in [-0.25, -0.2) is 4.68 Å². The summed E-state index contributed by atoms with van der Waals surface area (Å²) in [4.78, 5) is 27.6. The molecular weight excluding hydrogens is 388 g/mol. The van der Waals surface area contributed by atoms with E-state index in [1.807, 2.05) is 23.1 Å². The summed E-state index contributed by atoms with van der Waals surface area (Å²) in [5.74, 6) is -0.0871. The molecule has 1 N–H and O–H groups in total. The first-order chi connectivity index (χ1) is 13.7. The zero-order chi connectivity index (χ0) is 19.5. The molecule has 2 aromatic carbocycles. The molecule has 152 valence electrons. The van der Waals surface area contributed by atoms with Gasteiger partial charge in [-0.2, -0.15) is 5.10 Å². The molecule has 1 amide bonds. The highest BCUT2D eigenvalue weighted by atomic mass is 35.5. The van der Waals surface area contributed by atoms with Crippen LogP contribution in [0.4, 0.5) is 0 Å². The summed E-state index contributed by atoms with van der Waals surface area (Å²) in [5, 5.41) is 8.94. The van der Waals surface area contributed by atoms with Crippen LogP contribution in [0.5, 0.6) is 0 Å². The number of hydrogen-bond acceptors (Lipinski definition) is 4. The number of piperazine rings is 1. The third kappa shape index (κ3) is 4.33. The minimum absolute atomic E-state index is 0. The van der Waals surface area contributed by atoms with Crippen LogP contribution < -0.4 is 10.9 Å². The summed E-state index contributed by atoms with van der Waals surface area (Å²) >= 11 is 0. The molecule has 7 heteroatoms. The van der Waals surface area contributed by atoms with Crippen molar-refractivity contribution in [3.05, 3.63) is 76.2 Å². The summed E-state index contributed by atoms with van der Waals surface area (Å²) in [7, 11) is 0. The average Bonchev–Trinajstić information content (AvgIpc) is 2.76. The van der Waals surface area contributed by atoms with Crippen molar-refractivity contribution in [2.75, 3.05) is 19.6 Å². The van der Waals surface area contributed by atoms with Crippen LogP contribution in [0.2, 0.25) is 0 Å². The van der Waals surface area contributed by atoms with Crippen LogP contribution in [-0.2, 0) is 17.8 Å². The maximum atomic E-state index is 13.1. The van der Waals surface area contributed by atoms with E-state index < -0.39 is 0 Å². The Morgan fingerprint density at radius 1 is 1.17 bits per heavy atom. The van der Waals surface area contributed by atoms with Crippen LogP contribution in [0.3, 0.4) is 0 Å². The van der Waals surface area contributed by atoms with Crippen molar-refractivity contribution in [3.63, 3.8) is 0 Å². The van der Waals surface area contributed by atoms with Crippen LogP contribution >= 0.6 is 12.4 Å². The Balaban J connectivity index is 0.00000240. The number of aromatic nitrogens is 2. The summed E-state index contributed by atoms with van der Waals surface area (Å²) in [6, 6.07) is 15.7.